The van der Waals surface area contributed by atoms with E-state index in [1.165, 1.54) is 0 Å². The lowest BCUT2D eigenvalue weighted by molar-refractivity contribution is -0.130. The molecule has 26 heavy (non-hydrogen) atoms. The Kier molecular flexibility index (Phi) is 5.33. The van der Waals surface area contributed by atoms with Crippen molar-refractivity contribution >= 4 is 17.7 Å². The molecule has 2 unspecified atom stereocenters. The summed E-state index contributed by atoms with van der Waals surface area (Å²) in [5.41, 5.74) is 3.15. The average Bonchev–Trinajstić information content (AvgIpc) is 2.96. The van der Waals surface area contributed by atoms with Gasteiger partial charge < -0.3 is 10.0 Å². The van der Waals surface area contributed by atoms with E-state index < -0.39 is 0 Å². The molecule has 3 rings (SSSR count). The molecule has 2 atom stereocenters. The van der Waals surface area contributed by atoms with Crippen LogP contribution in [0.15, 0.2) is 48.5 Å². The van der Waals surface area contributed by atoms with Crippen molar-refractivity contribution in [1.82, 2.24) is 4.90 Å². The first kappa shape index (κ1) is 18.8. The Labute approximate surface area is 160 Å². The molecular weight excluding hydrogens is 342 g/mol. The van der Waals surface area contributed by atoms with E-state index in [1.807, 2.05) is 29.2 Å². The topological polar surface area (TPSA) is 40.5 Å². The number of benzene rings is 2. The zero-order chi connectivity index (χ0) is 18.9. The fraction of sp³-hybridized carbons (Fsp3) is 0.409. The van der Waals surface area contributed by atoms with Crippen LogP contribution in [0, 0.1) is 0 Å². The predicted octanol–water partition coefficient (Wildman–Crippen LogP) is 4.89. The smallest absolute Gasteiger partial charge is 0.234 e. The number of thioether (sulfide) groups is 1. The van der Waals surface area contributed by atoms with Crippen LogP contribution in [0.1, 0.15) is 50.4 Å². The van der Waals surface area contributed by atoms with Crippen LogP contribution in [0.4, 0.5) is 0 Å². The number of amides is 1. The van der Waals surface area contributed by atoms with E-state index in [0.29, 0.717) is 11.5 Å². The predicted molar refractivity (Wildman–Crippen MR) is 108 cm³/mol. The SMILES string of the molecule is CC(c1ccccc1)N1C(=O)CSC1Cc1ccc(O)c(C(C)(C)C)c1. The van der Waals surface area contributed by atoms with Crippen LogP contribution in [0.5, 0.6) is 5.75 Å². The van der Waals surface area contributed by atoms with Gasteiger partial charge in [-0.2, -0.15) is 0 Å². The Morgan fingerprint density at radius 3 is 2.54 bits per heavy atom. The monoisotopic (exact) mass is 369 g/mol. The summed E-state index contributed by atoms with van der Waals surface area (Å²) < 4.78 is 0. The fourth-order valence-corrected chi connectivity index (χ4v) is 4.77. The molecule has 1 fully saturated rings. The zero-order valence-electron chi connectivity index (χ0n) is 15.9. The van der Waals surface area contributed by atoms with E-state index in [0.717, 1.165) is 23.1 Å². The molecule has 0 spiro atoms. The van der Waals surface area contributed by atoms with Gasteiger partial charge in [-0.25, -0.2) is 0 Å². The summed E-state index contributed by atoms with van der Waals surface area (Å²) in [6.45, 7) is 8.40. The maximum atomic E-state index is 12.5. The molecule has 1 saturated heterocycles. The number of phenolic OH excluding ortho intramolecular Hbond substituents is 1. The molecule has 2 aromatic carbocycles. The number of hydrogen-bond acceptors (Lipinski definition) is 3. The number of nitrogens with zero attached hydrogens (tertiary/aromatic N) is 1. The molecule has 1 heterocycles. The van der Waals surface area contributed by atoms with Gasteiger partial charge in [0.15, 0.2) is 0 Å². The minimum absolute atomic E-state index is 0.0582. The number of carbonyl (C=O) groups excluding carboxylic acids is 1. The van der Waals surface area contributed by atoms with Crippen molar-refractivity contribution in [2.24, 2.45) is 0 Å². The molecule has 1 amide bonds. The summed E-state index contributed by atoms with van der Waals surface area (Å²) in [4.78, 5) is 14.6. The van der Waals surface area contributed by atoms with Crippen molar-refractivity contribution in [2.45, 2.75) is 50.9 Å². The molecular formula is C22H27NO2S. The minimum atomic E-state index is -0.115. The lowest BCUT2D eigenvalue weighted by atomic mass is 9.85. The van der Waals surface area contributed by atoms with Crippen LogP contribution in [0.2, 0.25) is 0 Å². The average molecular weight is 370 g/mol. The molecule has 0 bridgehead atoms. The Morgan fingerprint density at radius 2 is 1.88 bits per heavy atom. The van der Waals surface area contributed by atoms with E-state index >= 15 is 0 Å². The molecule has 138 valence electrons. The molecule has 0 aliphatic carbocycles. The molecule has 0 radical (unpaired) electrons. The molecule has 2 aromatic rings. The van der Waals surface area contributed by atoms with E-state index in [2.05, 4.69) is 45.9 Å². The number of aromatic hydroxyl groups is 1. The van der Waals surface area contributed by atoms with Crippen molar-refractivity contribution in [1.29, 1.82) is 0 Å². The second-order valence-electron chi connectivity index (χ2n) is 7.96. The first-order valence-corrected chi connectivity index (χ1v) is 10.1. The van der Waals surface area contributed by atoms with Gasteiger partial charge in [0.05, 0.1) is 17.2 Å². The number of phenols is 1. The van der Waals surface area contributed by atoms with Crippen LogP contribution < -0.4 is 0 Å². The normalized spacial score (nSPS) is 19.0. The van der Waals surface area contributed by atoms with Gasteiger partial charge in [0.1, 0.15) is 5.75 Å². The summed E-state index contributed by atoms with van der Waals surface area (Å²) in [5, 5.41) is 10.3. The lowest BCUT2D eigenvalue weighted by Gasteiger charge is -2.31. The molecule has 4 heteroatoms. The Balaban J connectivity index is 1.84. The highest BCUT2D eigenvalue weighted by Gasteiger charge is 2.35. The molecule has 1 aliphatic rings. The number of rotatable bonds is 4. The summed E-state index contributed by atoms with van der Waals surface area (Å²) >= 11 is 1.71. The first-order chi connectivity index (χ1) is 12.3. The maximum Gasteiger partial charge on any atom is 0.234 e. The Morgan fingerprint density at radius 1 is 1.19 bits per heavy atom. The second-order valence-corrected chi connectivity index (χ2v) is 9.13. The van der Waals surface area contributed by atoms with Crippen molar-refractivity contribution in [3.05, 3.63) is 65.2 Å². The number of carbonyl (C=O) groups is 1. The summed E-state index contributed by atoms with van der Waals surface area (Å²) in [7, 11) is 0. The summed E-state index contributed by atoms with van der Waals surface area (Å²) in [6.07, 6.45) is 0.789. The van der Waals surface area contributed by atoms with Crippen molar-refractivity contribution in [2.75, 3.05) is 5.75 Å². The van der Waals surface area contributed by atoms with Crippen molar-refractivity contribution in [3.63, 3.8) is 0 Å². The highest BCUT2D eigenvalue weighted by molar-refractivity contribution is 8.01. The van der Waals surface area contributed by atoms with Gasteiger partial charge in [-0.3, -0.25) is 4.79 Å². The second kappa shape index (κ2) is 7.36. The third-order valence-corrected chi connectivity index (χ3v) is 6.17. The highest BCUT2D eigenvalue weighted by atomic mass is 32.2. The zero-order valence-corrected chi connectivity index (χ0v) is 16.7. The van der Waals surface area contributed by atoms with Crippen LogP contribution in [-0.4, -0.2) is 27.0 Å². The standard InChI is InChI=1S/C22H27NO2S/c1-15(17-8-6-5-7-9-17)23-20(25)14-26-21(23)13-16-10-11-19(24)18(12-16)22(2,3)4/h5-12,15,21,24H,13-14H2,1-4H3. The largest absolute Gasteiger partial charge is 0.508 e. The van der Waals surface area contributed by atoms with Gasteiger partial charge in [-0.15, -0.1) is 11.8 Å². The maximum absolute atomic E-state index is 12.5. The van der Waals surface area contributed by atoms with Crippen LogP contribution in [0.3, 0.4) is 0 Å². The highest BCUT2D eigenvalue weighted by Crippen LogP contribution is 2.37. The first-order valence-electron chi connectivity index (χ1n) is 9.07. The summed E-state index contributed by atoms with van der Waals surface area (Å²) in [5.74, 6) is 1.07. The van der Waals surface area contributed by atoms with E-state index in [1.54, 1.807) is 17.8 Å². The Hall–Kier alpha value is -1.94. The minimum Gasteiger partial charge on any atom is -0.508 e. The van der Waals surface area contributed by atoms with Crippen LogP contribution in [-0.2, 0) is 16.6 Å². The van der Waals surface area contributed by atoms with Gasteiger partial charge in [0.2, 0.25) is 5.91 Å². The number of hydrogen-bond donors (Lipinski definition) is 1. The van der Waals surface area contributed by atoms with Gasteiger partial charge in [-0.1, -0.05) is 63.2 Å². The van der Waals surface area contributed by atoms with Gasteiger partial charge in [0.25, 0.3) is 0 Å². The van der Waals surface area contributed by atoms with Crippen LogP contribution in [0.25, 0.3) is 0 Å². The third-order valence-electron chi connectivity index (χ3n) is 4.98. The van der Waals surface area contributed by atoms with E-state index in [-0.39, 0.29) is 22.7 Å². The quantitative estimate of drug-likeness (QED) is 0.834. The van der Waals surface area contributed by atoms with Crippen LogP contribution >= 0.6 is 11.8 Å². The summed E-state index contributed by atoms with van der Waals surface area (Å²) in [6, 6.07) is 16.1. The fourth-order valence-electron chi connectivity index (χ4n) is 3.51. The molecule has 1 aliphatic heterocycles. The van der Waals surface area contributed by atoms with Crippen molar-refractivity contribution in [3.8, 4) is 5.75 Å². The molecule has 3 nitrogen and oxygen atoms in total. The lowest BCUT2D eigenvalue weighted by Crippen LogP contribution is -2.36. The van der Waals surface area contributed by atoms with Gasteiger partial charge >= 0.3 is 0 Å². The van der Waals surface area contributed by atoms with E-state index in [4.69, 9.17) is 0 Å². The molecule has 0 aromatic heterocycles. The van der Waals surface area contributed by atoms with Gasteiger partial charge in [-0.05, 0) is 35.1 Å². The van der Waals surface area contributed by atoms with Gasteiger partial charge in [0, 0.05) is 6.42 Å². The van der Waals surface area contributed by atoms with E-state index in [9.17, 15) is 9.90 Å². The molecule has 0 saturated carbocycles. The molecule has 1 N–H and O–H groups in total. The van der Waals surface area contributed by atoms with Crippen molar-refractivity contribution < 1.29 is 9.90 Å². The third kappa shape index (κ3) is 3.90. The Bertz CT molecular complexity index is 782.